The Hall–Kier alpha value is -0.770. The van der Waals surface area contributed by atoms with Gasteiger partial charge < -0.3 is 10.0 Å². The zero-order valence-corrected chi connectivity index (χ0v) is 12.8. The van der Waals surface area contributed by atoms with Crippen LogP contribution in [0.5, 0.6) is 5.75 Å². The number of phenols is 1. The molecule has 2 fully saturated rings. The van der Waals surface area contributed by atoms with Crippen molar-refractivity contribution in [1.82, 2.24) is 9.80 Å². The van der Waals surface area contributed by atoms with Crippen molar-refractivity contribution in [3.05, 3.63) is 28.8 Å². The van der Waals surface area contributed by atoms with E-state index in [1.807, 2.05) is 6.07 Å². The molecule has 2 atom stereocenters. The summed E-state index contributed by atoms with van der Waals surface area (Å²) in [6.45, 7) is 4.22. The maximum absolute atomic E-state index is 9.98. The first kappa shape index (κ1) is 14.2. The Morgan fingerprint density at radius 3 is 2.95 bits per heavy atom. The first-order valence-corrected chi connectivity index (χ1v) is 7.92. The summed E-state index contributed by atoms with van der Waals surface area (Å²) >= 11 is 6.21. The molecule has 2 heterocycles. The number of benzene rings is 1. The lowest BCUT2D eigenvalue weighted by Gasteiger charge is -2.46. The zero-order chi connectivity index (χ0) is 14.1. The molecular weight excluding hydrogens is 272 g/mol. The van der Waals surface area contributed by atoms with Gasteiger partial charge in [0.25, 0.3) is 0 Å². The SMILES string of the molecule is CN1CCCC2CN(Cc3c(O)cccc3Cl)CCC21. The molecule has 0 aromatic heterocycles. The van der Waals surface area contributed by atoms with Gasteiger partial charge in [0.15, 0.2) is 0 Å². The van der Waals surface area contributed by atoms with Gasteiger partial charge in [0, 0.05) is 29.7 Å². The fourth-order valence-electron chi connectivity index (χ4n) is 3.80. The summed E-state index contributed by atoms with van der Waals surface area (Å²) in [5.41, 5.74) is 0.872. The van der Waals surface area contributed by atoms with Crippen LogP contribution in [0.3, 0.4) is 0 Å². The molecule has 3 rings (SSSR count). The van der Waals surface area contributed by atoms with Crippen molar-refractivity contribution in [3.8, 4) is 5.75 Å². The number of rotatable bonds is 2. The second-order valence-corrected chi connectivity index (χ2v) is 6.62. The van der Waals surface area contributed by atoms with E-state index in [-0.39, 0.29) is 0 Å². The lowest BCUT2D eigenvalue weighted by atomic mass is 9.84. The molecule has 3 nitrogen and oxygen atoms in total. The van der Waals surface area contributed by atoms with Crippen molar-refractivity contribution >= 4 is 11.6 Å². The van der Waals surface area contributed by atoms with Crippen LogP contribution in [0.4, 0.5) is 0 Å². The largest absolute Gasteiger partial charge is 0.508 e. The number of hydrogen-bond donors (Lipinski definition) is 1. The highest BCUT2D eigenvalue weighted by Crippen LogP contribution is 2.32. The zero-order valence-electron chi connectivity index (χ0n) is 12.1. The van der Waals surface area contributed by atoms with Gasteiger partial charge in [-0.25, -0.2) is 0 Å². The van der Waals surface area contributed by atoms with E-state index in [9.17, 15) is 5.11 Å². The van der Waals surface area contributed by atoms with Gasteiger partial charge in [0.05, 0.1) is 0 Å². The van der Waals surface area contributed by atoms with Crippen molar-refractivity contribution in [2.45, 2.75) is 31.8 Å². The average Bonchev–Trinajstić information content (AvgIpc) is 2.43. The molecule has 2 aliphatic heterocycles. The van der Waals surface area contributed by atoms with E-state index in [1.54, 1.807) is 12.1 Å². The summed E-state index contributed by atoms with van der Waals surface area (Å²) in [6, 6.07) is 6.13. The summed E-state index contributed by atoms with van der Waals surface area (Å²) < 4.78 is 0. The van der Waals surface area contributed by atoms with E-state index >= 15 is 0 Å². The number of nitrogens with zero attached hydrogens (tertiary/aromatic N) is 2. The van der Waals surface area contributed by atoms with Gasteiger partial charge in [0.2, 0.25) is 0 Å². The minimum absolute atomic E-state index is 0.320. The van der Waals surface area contributed by atoms with Crippen LogP contribution in [0.25, 0.3) is 0 Å². The number of phenolic OH excluding ortho intramolecular Hbond substituents is 1. The Balaban J connectivity index is 1.68. The molecule has 0 spiro atoms. The third-order valence-corrected chi connectivity index (χ3v) is 5.26. The monoisotopic (exact) mass is 294 g/mol. The normalized spacial score (nSPS) is 28.3. The predicted octanol–water partition coefficient (Wildman–Crippen LogP) is 2.96. The second kappa shape index (κ2) is 5.92. The Morgan fingerprint density at radius 2 is 2.15 bits per heavy atom. The molecular formula is C16H23ClN2O. The molecule has 1 aromatic carbocycles. The maximum atomic E-state index is 9.98. The highest BCUT2D eigenvalue weighted by molar-refractivity contribution is 6.31. The Kier molecular flexibility index (Phi) is 4.20. The van der Waals surface area contributed by atoms with Crippen molar-refractivity contribution in [2.24, 2.45) is 5.92 Å². The van der Waals surface area contributed by atoms with Crippen molar-refractivity contribution in [1.29, 1.82) is 0 Å². The molecule has 2 aliphatic rings. The number of hydrogen-bond acceptors (Lipinski definition) is 3. The van der Waals surface area contributed by atoms with Gasteiger partial charge in [-0.05, 0) is 57.5 Å². The number of piperidine rings is 2. The quantitative estimate of drug-likeness (QED) is 0.908. The summed E-state index contributed by atoms with van der Waals surface area (Å²) in [7, 11) is 2.26. The number of halogens is 1. The first-order valence-electron chi connectivity index (χ1n) is 7.54. The molecule has 0 saturated carbocycles. The van der Waals surface area contributed by atoms with E-state index < -0.39 is 0 Å². The average molecular weight is 295 g/mol. The summed E-state index contributed by atoms with van der Waals surface area (Å²) in [5, 5.41) is 10.7. The minimum Gasteiger partial charge on any atom is -0.508 e. The van der Waals surface area contributed by atoms with Crippen LogP contribution in [0.15, 0.2) is 18.2 Å². The standard InChI is InChI=1S/C16H23ClN2O/c1-18-8-3-4-12-10-19(9-7-15(12)18)11-13-14(17)5-2-6-16(13)20/h2,5-6,12,15,20H,3-4,7-11H2,1H3. The summed E-state index contributed by atoms with van der Waals surface area (Å²) in [4.78, 5) is 4.97. The van der Waals surface area contributed by atoms with Crippen molar-refractivity contribution in [3.63, 3.8) is 0 Å². The number of likely N-dealkylation sites (tertiary alicyclic amines) is 2. The highest BCUT2D eigenvalue weighted by Gasteiger charge is 2.34. The van der Waals surface area contributed by atoms with Gasteiger partial charge in [-0.2, -0.15) is 0 Å². The van der Waals surface area contributed by atoms with Crippen LogP contribution < -0.4 is 0 Å². The smallest absolute Gasteiger partial charge is 0.121 e. The van der Waals surface area contributed by atoms with Gasteiger partial charge in [0.1, 0.15) is 5.75 Å². The van der Waals surface area contributed by atoms with Crippen LogP contribution in [-0.4, -0.2) is 47.6 Å². The van der Waals surface area contributed by atoms with Crippen LogP contribution in [0.1, 0.15) is 24.8 Å². The fraction of sp³-hybridized carbons (Fsp3) is 0.625. The predicted molar refractivity (Wildman–Crippen MR) is 82.2 cm³/mol. The van der Waals surface area contributed by atoms with Gasteiger partial charge in [-0.15, -0.1) is 0 Å². The highest BCUT2D eigenvalue weighted by atomic mass is 35.5. The van der Waals surface area contributed by atoms with Gasteiger partial charge >= 0.3 is 0 Å². The second-order valence-electron chi connectivity index (χ2n) is 6.21. The topological polar surface area (TPSA) is 26.7 Å². The lowest BCUT2D eigenvalue weighted by molar-refractivity contribution is 0.0352. The van der Waals surface area contributed by atoms with E-state index in [4.69, 9.17) is 11.6 Å². The molecule has 4 heteroatoms. The Labute approximate surface area is 126 Å². The lowest BCUT2D eigenvalue weighted by Crippen LogP contribution is -2.52. The van der Waals surface area contributed by atoms with Crippen LogP contribution in [-0.2, 0) is 6.54 Å². The van der Waals surface area contributed by atoms with E-state index in [0.29, 0.717) is 10.8 Å². The van der Waals surface area contributed by atoms with Crippen molar-refractivity contribution < 1.29 is 5.11 Å². The van der Waals surface area contributed by atoms with E-state index in [1.165, 1.54) is 25.8 Å². The third-order valence-electron chi connectivity index (χ3n) is 4.91. The van der Waals surface area contributed by atoms with Crippen LogP contribution in [0.2, 0.25) is 5.02 Å². The molecule has 0 aliphatic carbocycles. The number of fused-ring (bicyclic) bond motifs is 1. The summed E-state index contributed by atoms with van der Waals surface area (Å²) in [5.74, 6) is 1.09. The minimum atomic E-state index is 0.320. The summed E-state index contributed by atoms with van der Waals surface area (Å²) in [6.07, 6.45) is 3.87. The Morgan fingerprint density at radius 1 is 1.30 bits per heavy atom. The van der Waals surface area contributed by atoms with Crippen molar-refractivity contribution in [2.75, 3.05) is 26.7 Å². The van der Waals surface area contributed by atoms with E-state index in [2.05, 4.69) is 16.8 Å². The van der Waals surface area contributed by atoms with Gasteiger partial charge in [-0.3, -0.25) is 4.90 Å². The molecule has 1 aromatic rings. The molecule has 20 heavy (non-hydrogen) atoms. The molecule has 1 N–H and O–H groups in total. The molecule has 2 unspecified atom stereocenters. The Bertz CT molecular complexity index is 459. The van der Waals surface area contributed by atoms with Crippen LogP contribution >= 0.6 is 11.6 Å². The molecule has 2 saturated heterocycles. The van der Waals surface area contributed by atoms with Crippen LogP contribution in [0, 0.1) is 5.92 Å². The molecule has 0 radical (unpaired) electrons. The fourth-order valence-corrected chi connectivity index (χ4v) is 4.03. The van der Waals surface area contributed by atoms with Gasteiger partial charge in [-0.1, -0.05) is 17.7 Å². The maximum Gasteiger partial charge on any atom is 0.121 e. The number of aromatic hydroxyl groups is 1. The third kappa shape index (κ3) is 2.80. The first-order chi connectivity index (χ1) is 9.65. The molecule has 0 bridgehead atoms. The van der Waals surface area contributed by atoms with E-state index in [0.717, 1.165) is 37.2 Å². The molecule has 0 amide bonds. The molecule has 110 valence electrons.